The quantitative estimate of drug-likeness (QED) is 0.586. The first-order valence-corrected chi connectivity index (χ1v) is 6.35. The number of allylic oxidation sites excluding steroid dienone is 2. The van der Waals surface area contributed by atoms with Gasteiger partial charge < -0.3 is 5.11 Å². The second-order valence-electron chi connectivity index (χ2n) is 5.33. The van der Waals surface area contributed by atoms with E-state index >= 15 is 0 Å². The zero-order valence-electron chi connectivity index (χ0n) is 9.91. The Kier molecular flexibility index (Phi) is 2.50. The first-order valence-electron chi connectivity index (χ1n) is 6.35. The molecule has 4 atom stereocenters. The molecule has 2 fully saturated rings. The molecule has 96 valence electrons. The second kappa shape index (κ2) is 3.93. The lowest BCUT2D eigenvalue weighted by molar-refractivity contribution is -0.142. The second-order valence-corrected chi connectivity index (χ2v) is 5.33. The number of hydrogen-bond donors (Lipinski definition) is 1. The van der Waals surface area contributed by atoms with E-state index < -0.39 is 5.97 Å². The van der Waals surface area contributed by atoms with Crippen LogP contribution in [0.5, 0.6) is 0 Å². The molecule has 1 N–H and O–H groups in total. The standard InChI is InChI=1S/C13H15NO4/c15-9(16)2-1-5-14-12(17)10-7-3-4-8(6-7)11(10)13(14)18/h3-4,7-8,10-11H,1-2,5-6H2,(H,15,16)/t7?,8?,10-,11+. The van der Waals surface area contributed by atoms with Crippen LogP contribution in [0, 0.1) is 23.7 Å². The summed E-state index contributed by atoms with van der Waals surface area (Å²) in [5, 5.41) is 8.58. The van der Waals surface area contributed by atoms with E-state index in [0.717, 1.165) is 6.42 Å². The number of rotatable bonds is 4. The zero-order valence-corrected chi connectivity index (χ0v) is 9.91. The summed E-state index contributed by atoms with van der Waals surface area (Å²) in [6.45, 7) is 0.246. The van der Waals surface area contributed by atoms with Crippen molar-refractivity contribution in [3.05, 3.63) is 12.2 Å². The van der Waals surface area contributed by atoms with Gasteiger partial charge in [-0.25, -0.2) is 0 Å². The number of carboxylic acids is 1. The van der Waals surface area contributed by atoms with Crippen LogP contribution in [0.2, 0.25) is 0 Å². The Labute approximate surface area is 104 Å². The van der Waals surface area contributed by atoms with Crippen molar-refractivity contribution in [3.8, 4) is 0 Å². The van der Waals surface area contributed by atoms with Crippen molar-refractivity contribution < 1.29 is 19.5 Å². The van der Waals surface area contributed by atoms with Crippen molar-refractivity contribution in [2.24, 2.45) is 23.7 Å². The number of carbonyl (C=O) groups excluding carboxylic acids is 2. The maximum Gasteiger partial charge on any atom is 0.303 e. The highest BCUT2D eigenvalue weighted by Gasteiger charge is 2.58. The third kappa shape index (κ3) is 1.50. The van der Waals surface area contributed by atoms with Gasteiger partial charge in [0.05, 0.1) is 11.8 Å². The van der Waals surface area contributed by atoms with Crippen LogP contribution in [0.25, 0.3) is 0 Å². The first-order chi connectivity index (χ1) is 8.59. The number of nitrogens with zero attached hydrogens (tertiary/aromatic N) is 1. The number of carbonyl (C=O) groups is 3. The minimum atomic E-state index is -0.893. The minimum Gasteiger partial charge on any atom is -0.481 e. The highest BCUT2D eigenvalue weighted by Crippen LogP contribution is 2.52. The van der Waals surface area contributed by atoms with Gasteiger partial charge in [-0.3, -0.25) is 19.3 Å². The summed E-state index contributed by atoms with van der Waals surface area (Å²) in [6.07, 6.45) is 5.37. The Balaban J connectivity index is 1.70. The predicted molar refractivity (Wildman–Crippen MR) is 61.3 cm³/mol. The molecule has 2 aliphatic carbocycles. The van der Waals surface area contributed by atoms with E-state index in [1.54, 1.807) is 0 Å². The lowest BCUT2D eigenvalue weighted by atomic mass is 9.85. The Hall–Kier alpha value is -1.65. The van der Waals surface area contributed by atoms with Crippen molar-refractivity contribution in [1.29, 1.82) is 0 Å². The fourth-order valence-electron chi connectivity index (χ4n) is 3.57. The topological polar surface area (TPSA) is 74.7 Å². The third-order valence-corrected chi connectivity index (χ3v) is 4.33. The number of fused-ring (bicyclic) bond motifs is 5. The van der Waals surface area contributed by atoms with Crippen molar-refractivity contribution in [2.45, 2.75) is 19.3 Å². The van der Waals surface area contributed by atoms with Gasteiger partial charge in [-0.15, -0.1) is 0 Å². The van der Waals surface area contributed by atoms with Gasteiger partial charge in [-0.05, 0) is 24.7 Å². The third-order valence-electron chi connectivity index (χ3n) is 4.33. The van der Waals surface area contributed by atoms with Crippen LogP contribution in [0.4, 0.5) is 0 Å². The van der Waals surface area contributed by atoms with Gasteiger partial charge in [-0.2, -0.15) is 0 Å². The molecule has 0 radical (unpaired) electrons. The van der Waals surface area contributed by atoms with Gasteiger partial charge in [0.2, 0.25) is 11.8 Å². The van der Waals surface area contributed by atoms with Crippen molar-refractivity contribution in [2.75, 3.05) is 6.54 Å². The highest BCUT2D eigenvalue weighted by molar-refractivity contribution is 6.06. The SMILES string of the molecule is O=C(O)CCCN1C(=O)[C@@H]2C3C=CC(C3)[C@@H]2C1=O. The summed E-state index contributed by atoms with van der Waals surface area (Å²) in [6, 6.07) is 0. The van der Waals surface area contributed by atoms with Crippen molar-refractivity contribution in [1.82, 2.24) is 4.90 Å². The summed E-state index contributed by atoms with van der Waals surface area (Å²) in [4.78, 5) is 36.1. The number of hydrogen-bond acceptors (Lipinski definition) is 3. The lowest BCUT2D eigenvalue weighted by Crippen LogP contribution is -2.34. The molecular formula is C13H15NO4. The van der Waals surface area contributed by atoms with E-state index in [9.17, 15) is 14.4 Å². The fraction of sp³-hybridized carbons (Fsp3) is 0.615. The van der Waals surface area contributed by atoms with Crippen molar-refractivity contribution in [3.63, 3.8) is 0 Å². The van der Waals surface area contributed by atoms with E-state index in [1.807, 2.05) is 0 Å². The summed E-state index contributed by atoms with van der Waals surface area (Å²) in [5.41, 5.74) is 0. The molecule has 3 rings (SSSR count). The Morgan fingerprint density at radius 1 is 1.22 bits per heavy atom. The first kappa shape index (κ1) is 11.4. The number of aliphatic carboxylic acids is 1. The summed E-state index contributed by atoms with van der Waals surface area (Å²) >= 11 is 0. The maximum atomic E-state index is 12.2. The van der Waals surface area contributed by atoms with Crippen molar-refractivity contribution >= 4 is 17.8 Å². The smallest absolute Gasteiger partial charge is 0.303 e. The molecule has 0 aromatic carbocycles. The normalized spacial score (nSPS) is 36.6. The van der Waals surface area contributed by atoms with Gasteiger partial charge in [0, 0.05) is 13.0 Å². The molecular weight excluding hydrogens is 234 g/mol. The van der Waals surface area contributed by atoms with Crippen LogP contribution >= 0.6 is 0 Å². The van der Waals surface area contributed by atoms with Gasteiger partial charge in [0.1, 0.15) is 0 Å². The molecule has 1 heterocycles. The minimum absolute atomic E-state index is 0.00248. The molecule has 18 heavy (non-hydrogen) atoms. The van der Waals surface area contributed by atoms with Gasteiger partial charge in [0.25, 0.3) is 0 Å². The largest absolute Gasteiger partial charge is 0.481 e. The van der Waals surface area contributed by atoms with Crippen LogP contribution in [0.15, 0.2) is 12.2 Å². The van der Waals surface area contributed by atoms with Crippen LogP contribution in [0.1, 0.15) is 19.3 Å². The Bertz CT molecular complexity index is 426. The van der Waals surface area contributed by atoms with Gasteiger partial charge >= 0.3 is 5.97 Å². The number of amides is 2. The molecule has 1 saturated carbocycles. The predicted octanol–water partition coefficient (Wildman–Crippen LogP) is 0.658. The Morgan fingerprint density at radius 2 is 1.78 bits per heavy atom. The summed E-state index contributed by atoms with van der Waals surface area (Å²) in [7, 11) is 0. The average molecular weight is 249 g/mol. The molecule has 2 bridgehead atoms. The molecule has 3 aliphatic rings. The van der Waals surface area contributed by atoms with Crippen LogP contribution < -0.4 is 0 Å². The van der Waals surface area contributed by atoms with E-state index in [2.05, 4.69) is 12.2 Å². The highest BCUT2D eigenvalue weighted by atomic mass is 16.4. The number of carboxylic acid groups (broad SMARTS) is 1. The molecule has 2 amide bonds. The van der Waals surface area contributed by atoms with Gasteiger partial charge in [-0.1, -0.05) is 12.2 Å². The number of likely N-dealkylation sites (tertiary alicyclic amines) is 1. The van der Waals surface area contributed by atoms with Crippen LogP contribution in [0.3, 0.4) is 0 Å². The van der Waals surface area contributed by atoms with E-state index in [1.165, 1.54) is 4.90 Å². The monoisotopic (exact) mass is 249 g/mol. The average Bonchev–Trinajstić information content (AvgIpc) is 2.97. The van der Waals surface area contributed by atoms with E-state index in [-0.39, 0.29) is 48.5 Å². The van der Waals surface area contributed by atoms with E-state index in [4.69, 9.17) is 5.11 Å². The molecule has 0 spiro atoms. The molecule has 5 heteroatoms. The van der Waals surface area contributed by atoms with Gasteiger partial charge in [0.15, 0.2) is 0 Å². The summed E-state index contributed by atoms with van der Waals surface area (Å²) in [5.74, 6) is -0.966. The van der Waals surface area contributed by atoms with Crippen LogP contribution in [-0.2, 0) is 14.4 Å². The lowest BCUT2D eigenvalue weighted by Gasteiger charge is -2.16. The Morgan fingerprint density at radius 3 is 2.28 bits per heavy atom. The molecule has 0 aromatic heterocycles. The fourth-order valence-corrected chi connectivity index (χ4v) is 3.57. The van der Waals surface area contributed by atoms with Crippen LogP contribution in [-0.4, -0.2) is 34.3 Å². The van der Waals surface area contributed by atoms with E-state index in [0.29, 0.717) is 6.42 Å². The molecule has 2 unspecified atom stereocenters. The zero-order chi connectivity index (χ0) is 12.9. The molecule has 0 aromatic rings. The molecule has 5 nitrogen and oxygen atoms in total. The summed E-state index contributed by atoms with van der Waals surface area (Å²) < 4.78 is 0. The molecule has 1 aliphatic heterocycles. The molecule has 1 saturated heterocycles. The number of imide groups is 1. The maximum absolute atomic E-state index is 12.2.